The molecule has 0 amide bonds. The van der Waals surface area contributed by atoms with Gasteiger partial charge in [-0.2, -0.15) is 0 Å². The molecule has 6 rings (SSSR count). The molecule has 138 valence electrons. The van der Waals surface area contributed by atoms with E-state index in [1.807, 2.05) is 84.9 Å². The molecule has 0 aromatic heterocycles. The van der Waals surface area contributed by atoms with Crippen molar-refractivity contribution in [1.82, 2.24) is 0 Å². The van der Waals surface area contributed by atoms with E-state index in [-0.39, 0.29) is 5.78 Å². The number of Topliss-reactive ketones (excluding diaryl/α,β-unsaturated/α-hetero) is 1. The summed E-state index contributed by atoms with van der Waals surface area (Å²) in [5.41, 5.74) is 3.50. The van der Waals surface area contributed by atoms with E-state index in [9.17, 15) is 9.90 Å². The lowest BCUT2D eigenvalue weighted by atomic mass is 9.78. The lowest BCUT2D eigenvalue weighted by Gasteiger charge is -2.29. The van der Waals surface area contributed by atoms with Crippen LogP contribution in [-0.2, 0) is 10.4 Å². The second-order valence-electron chi connectivity index (χ2n) is 7.80. The maximum Gasteiger partial charge on any atom is 0.174 e. The fraction of sp³-hybridized carbons (Fsp3) is 0.0741. The summed E-state index contributed by atoms with van der Waals surface area (Å²) in [6, 6.07) is 31.5. The van der Waals surface area contributed by atoms with Crippen LogP contribution in [0.4, 0.5) is 0 Å². The van der Waals surface area contributed by atoms with Crippen molar-refractivity contribution < 1.29 is 9.90 Å². The van der Waals surface area contributed by atoms with Crippen molar-refractivity contribution in [1.29, 1.82) is 0 Å². The predicted octanol–water partition coefficient (Wildman–Crippen LogP) is 5.32. The molecule has 2 unspecified atom stereocenters. The molecule has 0 spiro atoms. The standard InChI is InChI=1S/C27H18O2/c28-26-23(18-9-3-1-4-10-18)25-20-15-7-13-17-14-8-16-21(22(17)20)27(25,29)24(26)19-11-5-2-6-12-19/h1-16,24,29H. The van der Waals surface area contributed by atoms with Gasteiger partial charge in [0.05, 0.1) is 5.92 Å². The Bertz CT molecular complexity index is 1310. The fourth-order valence-electron chi connectivity index (χ4n) is 5.22. The highest BCUT2D eigenvalue weighted by atomic mass is 16.3. The van der Waals surface area contributed by atoms with Crippen molar-refractivity contribution in [3.63, 3.8) is 0 Å². The summed E-state index contributed by atoms with van der Waals surface area (Å²) < 4.78 is 0. The third kappa shape index (κ3) is 2.01. The van der Waals surface area contributed by atoms with Crippen molar-refractivity contribution in [2.24, 2.45) is 0 Å². The van der Waals surface area contributed by atoms with Crippen LogP contribution in [0.25, 0.3) is 21.9 Å². The van der Waals surface area contributed by atoms with Crippen molar-refractivity contribution in [2.75, 3.05) is 0 Å². The van der Waals surface area contributed by atoms with E-state index in [1.165, 1.54) is 0 Å². The molecule has 0 heterocycles. The smallest absolute Gasteiger partial charge is 0.174 e. The van der Waals surface area contributed by atoms with Crippen LogP contribution in [0.2, 0.25) is 0 Å². The second-order valence-corrected chi connectivity index (χ2v) is 7.80. The molecule has 0 saturated heterocycles. The molecule has 4 aromatic carbocycles. The van der Waals surface area contributed by atoms with Gasteiger partial charge in [0.1, 0.15) is 5.60 Å². The number of fused-ring (bicyclic) bond motifs is 3. The Hall–Kier alpha value is -3.49. The zero-order chi connectivity index (χ0) is 19.6. The van der Waals surface area contributed by atoms with Crippen LogP contribution < -0.4 is 0 Å². The van der Waals surface area contributed by atoms with Crippen molar-refractivity contribution in [3.8, 4) is 0 Å². The van der Waals surface area contributed by atoms with Crippen LogP contribution in [0.15, 0.2) is 97.1 Å². The summed E-state index contributed by atoms with van der Waals surface area (Å²) in [7, 11) is 0. The van der Waals surface area contributed by atoms with Gasteiger partial charge in [0.25, 0.3) is 0 Å². The SMILES string of the molecule is O=C1C(c2ccccc2)=C2c3cccc4cccc(c34)C2(O)C1c1ccccc1. The van der Waals surface area contributed by atoms with Gasteiger partial charge < -0.3 is 5.11 Å². The third-order valence-corrected chi connectivity index (χ3v) is 6.34. The molecule has 2 heteroatoms. The Kier molecular flexibility index (Phi) is 3.27. The second kappa shape index (κ2) is 5.76. The summed E-state index contributed by atoms with van der Waals surface area (Å²) in [6.07, 6.45) is 0. The Labute approximate surface area is 168 Å². The molecule has 0 bridgehead atoms. The van der Waals surface area contributed by atoms with Gasteiger partial charge in [-0.25, -0.2) is 0 Å². The van der Waals surface area contributed by atoms with Crippen molar-refractivity contribution in [2.45, 2.75) is 11.5 Å². The van der Waals surface area contributed by atoms with Gasteiger partial charge in [-0.1, -0.05) is 97.1 Å². The quantitative estimate of drug-likeness (QED) is 0.516. The molecule has 0 saturated carbocycles. The number of carbonyl (C=O) groups excluding carboxylic acids is 1. The molecule has 2 atom stereocenters. The Morgan fingerprint density at radius 1 is 0.724 bits per heavy atom. The highest BCUT2D eigenvalue weighted by Gasteiger charge is 2.58. The maximum absolute atomic E-state index is 13.8. The normalized spacial score (nSPS) is 22.4. The van der Waals surface area contributed by atoms with E-state index >= 15 is 0 Å². The van der Waals surface area contributed by atoms with Crippen LogP contribution in [-0.4, -0.2) is 10.9 Å². The molecular formula is C27H18O2. The average Bonchev–Trinajstić information content (AvgIpc) is 3.15. The zero-order valence-corrected chi connectivity index (χ0v) is 15.7. The molecule has 0 aliphatic heterocycles. The number of allylic oxidation sites excluding steroid dienone is 1. The van der Waals surface area contributed by atoms with Crippen LogP contribution >= 0.6 is 0 Å². The van der Waals surface area contributed by atoms with Gasteiger partial charge in [-0.05, 0) is 33.0 Å². The minimum absolute atomic E-state index is 0.0218. The number of rotatable bonds is 2. The summed E-state index contributed by atoms with van der Waals surface area (Å²) in [5.74, 6) is -0.682. The first-order chi connectivity index (χ1) is 14.2. The molecule has 4 aromatic rings. The number of aliphatic hydroxyl groups is 1. The molecular weight excluding hydrogens is 356 g/mol. The number of benzene rings is 4. The highest BCUT2D eigenvalue weighted by Crippen LogP contribution is 2.62. The summed E-state index contributed by atoms with van der Waals surface area (Å²) in [6.45, 7) is 0. The van der Waals surface area contributed by atoms with Crippen molar-refractivity contribution >= 4 is 27.7 Å². The zero-order valence-electron chi connectivity index (χ0n) is 15.7. The van der Waals surface area contributed by atoms with Crippen LogP contribution in [0.5, 0.6) is 0 Å². The minimum Gasteiger partial charge on any atom is -0.379 e. The summed E-state index contributed by atoms with van der Waals surface area (Å²) >= 11 is 0. The minimum atomic E-state index is -1.37. The molecule has 0 fully saturated rings. The number of ketones is 1. The van der Waals surface area contributed by atoms with Gasteiger partial charge >= 0.3 is 0 Å². The van der Waals surface area contributed by atoms with E-state index in [0.29, 0.717) is 5.57 Å². The number of hydrogen-bond acceptors (Lipinski definition) is 2. The Morgan fingerprint density at radius 2 is 1.38 bits per heavy atom. The van der Waals surface area contributed by atoms with Crippen LogP contribution in [0.1, 0.15) is 28.2 Å². The molecule has 29 heavy (non-hydrogen) atoms. The van der Waals surface area contributed by atoms with Crippen LogP contribution in [0.3, 0.4) is 0 Å². The predicted molar refractivity (Wildman–Crippen MR) is 115 cm³/mol. The third-order valence-electron chi connectivity index (χ3n) is 6.34. The van der Waals surface area contributed by atoms with Crippen molar-refractivity contribution in [3.05, 3.63) is 119 Å². The topological polar surface area (TPSA) is 37.3 Å². The van der Waals surface area contributed by atoms with E-state index in [2.05, 4.69) is 12.1 Å². The van der Waals surface area contributed by atoms with E-state index in [0.717, 1.165) is 38.6 Å². The first-order valence-corrected chi connectivity index (χ1v) is 9.85. The first-order valence-electron chi connectivity index (χ1n) is 9.85. The van der Waals surface area contributed by atoms with E-state index in [1.54, 1.807) is 0 Å². The lowest BCUT2D eigenvalue weighted by Crippen LogP contribution is -2.31. The molecule has 2 aliphatic carbocycles. The monoisotopic (exact) mass is 374 g/mol. The average molecular weight is 374 g/mol. The number of hydrogen-bond donors (Lipinski definition) is 1. The Balaban J connectivity index is 1.76. The van der Waals surface area contributed by atoms with E-state index < -0.39 is 11.5 Å². The molecule has 2 aliphatic rings. The van der Waals surface area contributed by atoms with Gasteiger partial charge in [0, 0.05) is 11.1 Å². The van der Waals surface area contributed by atoms with Gasteiger partial charge in [-0.15, -0.1) is 0 Å². The molecule has 1 N–H and O–H groups in total. The molecule has 0 radical (unpaired) electrons. The van der Waals surface area contributed by atoms with Gasteiger partial charge in [0.15, 0.2) is 5.78 Å². The Morgan fingerprint density at radius 3 is 2.10 bits per heavy atom. The lowest BCUT2D eigenvalue weighted by molar-refractivity contribution is -0.118. The summed E-state index contributed by atoms with van der Waals surface area (Å²) in [4.78, 5) is 13.8. The largest absolute Gasteiger partial charge is 0.379 e. The molecule has 2 nitrogen and oxygen atoms in total. The van der Waals surface area contributed by atoms with Gasteiger partial charge in [0.2, 0.25) is 0 Å². The van der Waals surface area contributed by atoms with E-state index in [4.69, 9.17) is 0 Å². The fourth-order valence-corrected chi connectivity index (χ4v) is 5.22. The maximum atomic E-state index is 13.8. The number of carbonyl (C=O) groups is 1. The summed E-state index contributed by atoms with van der Waals surface area (Å²) in [5, 5.41) is 14.4. The first kappa shape index (κ1) is 16.5. The van der Waals surface area contributed by atoms with Gasteiger partial charge in [-0.3, -0.25) is 4.79 Å². The van der Waals surface area contributed by atoms with Crippen LogP contribution in [0, 0.1) is 0 Å². The highest BCUT2D eigenvalue weighted by molar-refractivity contribution is 6.38.